The van der Waals surface area contributed by atoms with E-state index < -0.39 is 11.5 Å². The van der Waals surface area contributed by atoms with Gasteiger partial charge in [-0.2, -0.15) is 0 Å². The van der Waals surface area contributed by atoms with Crippen LogP contribution in [-0.4, -0.2) is 17.0 Å². The van der Waals surface area contributed by atoms with Crippen LogP contribution in [0, 0.1) is 5.41 Å². The third-order valence-corrected chi connectivity index (χ3v) is 2.69. The van der Waals surface area contributed by atoms with E-state index in [1.165, 1.54) is 0 Å². The van der Waals surface area contributed by atoms with Gasteiger partial charge >= 0.3 is 0 Å². The molecule has 0 saturated heterocycles. The molecule has 2 nitrogen and oxygen atoms in total. The fourth-order valence-electron chi connectivity index (χ4n) is 1.50. The van der Waals surface area contributed by atoms with Crippen LogP contribution >= 0.6 is 0 Å². The third kappa shape index (κ3) is 2.92. The molecule has 0 aliphatic carbocycles. The fourth-order valence-corrected chi connectivity index (χ4v) is 1.50. The largest absolute Gasteiger partial charge is 0.384 e. The van der Waals surface area contributed by atoms with Crippen molar-refractivity contribution in [1.29, 1.82) is 0 Å². The molecule has 0 aliphatic heterocycles. The number of hydrogen-bond acceptors (Lipinski definition) is 2. The zero-order valence-corrected chi connectivity index (χ0v) is 10.4. The number of rotatable bonds is 3. The first kappa shape index (κ1) is 12.9. The van der Waals surface area contributed by atoms with Crippen molar-refractivity contribution < 1.29 is 9.90 Å². The Bertz CT molecular complexity index is 375. The molecule has 1 unspecified atom stereocenters. The van der Waals surface area contributed by atoms with Gasteiger partial charge in [0.05, 0.1) is 0 Å². The standard InChI is InChI=1S/C14H20O2/c1-5-10-7-6-8-11(9-10)12(15)13(16)14(2,3)4/h6-9,13,16H,5H2,1-4H3. The van der Waals surface area contributed by atoms with E-state index in [9.17, 15) is 9.90 Å². The summed E-state index contributed by atoms with van der Waals surface area (Å²) >= 11 is 0. The van der Waals surface area contributed by atoms with Crippen LogP contribution in [0.1, 0.15) is 43.6 Å². The van der Waals surface area contributed by atoms with Gasteiger partial charge in [0.15, 0.2) is 5.78 Å². The first-order chi connectivity index (χ1) is 7.36. The van der Waals surface area contributed by atoms with Crippen molar-refractivity contribution in [2.45, 2.75) is 40.2 Å². The van der Waals surface area contributed by atoms with E-state index in [4.69, 9.17) is 0 Å². The van der Waals surface area contributed by atoms with E-state index in [1.807, 2.05) is 45.9 Å². The summed E-state index contributed by atoms with van der Waals surface area (Å²) in [6, 6.07) is 7.47. The van der Waals surface area contributed by atoms with Crippen molar-refractivity contribution in [3.8, 4) is 0 Å². The van der Waals surface area contributed by atoms with E-state index in [0.29, 0.717) is 5.56 Å². The molecule has 0 aliphatic rings. The number of aliphatic hydroxyl groups excluding tert-OH is 1. The second-order valence-electron chi connectivity index (χ2n) is 5.19. The van der Waals surface area contributed by atoms with E-state index in [-0.39, 0.29) is 5.78 Å². The van der Waals surface area contributed by atoms with E-state index in [1.54, 1.807) is 6.07 Å². The Morgan fingerprint density at radius 2 is 2.00 bits per heavy atom. The second-order valence-corrected chi connectivity index (χ2v) is 5.19. The summed E-state index contributed by atoms with van der Waals surface area (Å²) in [6.07, 6.45) is -0.0492. The number of aryl methyl sites for hydroxylation is 1. The lowest BCUT2D eigenvalue weighted by atomic mass is 9.84. The molecule has 0 aromatic heterocycles. The van der Waals surface area contributed by atoms with Gasteiger partial charge < -0.3 is 5.11 Å². The van der Waals surface area contributed by atoms with Crippen LogP contribution in [0.3, 0.4) is 0 Å². The lowest BCUT2D eigenvalue weighted by Gasteiger charge is -2.24. The van der Waals surface area contributed by atoms with Crippen molar-refractivity contribution in [3.05, 3.63) is 35.4 Å². The number of ketones is 1. The summed E-state index contributed by atoms with van der Waals surface area (Å²) in [5, 5.41) is 9.92. The Hall–Kier alpha value is -1.15. The summed E-state index contributed by atoms with van der Waals surface area (Å²) in [5.41, 5.74) is 1.30. The molecule has 0 heterocycles. The highest BCUT2D eigenvalue weighted by molar-refractivity contribution is 5.99. The van der Waals surface area contributed by atoms with Gasteiger partial charge in [0.2, 0.25) is 0 Å². The van der Waals surface area contributed by atoms with Crippen LogP contribution in [0.25, 0.3) is 0 Å². The maximum Gasteiger partial charge on any atom is 0.191 e. The zero-order valence-electron chi connectivity index (χ0n) is 10.4. The molecular weight excluding hydrogens is 200 g/mol. The van der Waals surface area contributed by atoms with Crippen LogP contribution in [-0.2, 0) is 6.42 Å². The number of aliphatic hydroxyl groups is 1. The number of benzene rings is 1. The van der Waals surface area contributed by atoms with Gasteiger partial charge in [0, 0.05) is 5.56 Å². The summed E-state index contributed by atoms with van der Waals surface area (Å²) in [6.45, 7) is 7.63. The van der Waals surface area contributed by atoms with Crippen molar-refractivity contribution in [3.63, 3.8) is 0 Å². The molecule has 0 amide bonds. The second kappa shape index (κ2) is 4.79. The molecule has 0 fully saturated rings. The molecule has 0 spiro atoms. The maximum absolute atomic E-state index is 12.0. The van der Waals surface area contributed by atoms with Gasteiger partial charge in [-0.25, -0.2) is 0 Å². The number of hydrogen-bond donors (Lipinski definition) is 1. The van der Waals surface area contributed by atoms with E-state index in [2.05, 4.69) is 0 Å². The predicted octanol–water partition coefficient (Wildman–Crippen LogP) is 2.84. The Kier molecular flexibility index (Phi) is 3.87. The fraction of sp³-hybridized carbons (Fsp3) is 0.500. The van der Waals surface area contributed by atoms with Crippen LogP contribution in [0.5, 0.6) is 0 Å². The number of Topliss-reactive ketones (excluding diaryl/α,β-unsaturated/α-hetero) is 1. The average molecular weight is 220 g/mol. The predicted molar refractivity (Wildman–Crippen MR) is 65.6 cm³/mol. The first-order valence-corrected chi connectivity index (χ1v) is 5.67. The average Bonchev–Trinajstić information content (AvgIpc) is 2.26. The molecule has 1 N–H and O–H groups in total. The Morgan fingerprint density at radius 3 is 2.50 bits per heavy atom. The van der Waals surface area contributed by atoms with E-state index >= 15 is 0 Å². The third-order valence-electron chi connectivity index (χ3n) is 2.69. The minimum Gasteiger partial charge on any atom is -0.384 e. The quantitative estimate of drug-likeness (QED) is 0.795. The monoisotopic (exact) mass is 220 g/mol. The van der Waals surface area contributed by atoms with Gasteiger partial charge in [-0.05, 0) is 23.5 Å². The number of carbonyl (C=O) groups excluding carboxylic acids is 1. The lowest BCUT2D eigenvalue weighted by molar-refractivity contribution is 0.0442. The summed E-state index contributed by atoms with van der Waals surface area (Å²) in [7, 11) is 0. The van der Waals surface area contributed by atoms with Crippen molar-refractivity contribution in [1.82, 2.24) is 0 Å². The molecule has 0 bridgehead atoms. The SMILES string of the molecule is CCc1cccc(C(=O)C(O)C(C)(C)C)c1. The molecule has 16 heavy (non-hydrogen) atoms. The molecule has 1 aromatic rings. The van der Waals surface area contributed by atoms with Gasteiger partial charge in [0.25, 0.3) is 0 Å². The Morgan fingerprint density at radius 1 is 1.38 bits per heavy atom. The minimum absolute atomic E-state index is 0.192. The first-order valence-electron chi connectivity index (χ1n) is 5.67. The van der Waals surface area contributed by atoms with Gasteiger partial charge in [-0.1, -0.05) is 45.9 Å². The highest BCUT2D eigenvalue weighted by Crippen LogP contribution is 2.22. The molecule has 0 saturated carbocycles. The van der Waals surface area contributed by atoms with Crippen molar-refractivity contribution >= 4 is 5.78 Å². The lowest BCUT2D eigenvalue weighted by Crippen LogP contribution is -2.34. The molecule has 2 heteroatoms. The van der Waals surface area contributed by atoms with E-state index in [0.717, 1.165) is 12.0 Å². The summed E-state index contributed by atoms with van der Waals surface area (Å²) in [5.74, 6) is -0.192. The van der Waals surface area contributed by atoms with Crippen LogP contribution < -0.4 is 0 Å². The normalized spacial score (nSPS) is 13.6. The summed E-state index contributed by atoms with van der Waals surface area (Å²) in [4.78, 5) is 12.0. The smallest absolute Gasteiger partial charge is 0.191 e. The van der Waals surface area contributed by atoms with Gasteiger partial charge in [-0.3, -0.25) is 4.79 Å². The molecule has 1 rings (SSSR count). The highest BCUT2D eigenvalue weighted by atomic mass is 16.3. The van der Waals surface area contributed by atoms with Crippen LogP contribution in [0.4, 0.5) is 0 Å². The van der Waals surface area contributed by atoms with Gasteiger partial charge in [0.1, 0.15) is 6.10 Å². The number of carbonyl (C=O) groups is 1. The highest BCUT2D eigenvalue weighted by Gasteiger charge is 2.29. The molecule has 0 radical (unpaired) electrons. The molecular formula is C14H20O2. The van der Waals surface area contributed by atoms with Crippen molar-refractivity contribution in [2.24, 2.45) is 5.41 Å². The van der Waals surface area contributed by atoms with Crippen molar-refractivity contribution in [2.75, 3.05) is 0 Å². The Balaban J connectivity index is 2.96. The topological polar surface area (TPSA) is 37.3 Å². The Labute approximate surface area is 97.3 Å². The molecule has 1 atom stereocenters. The zero-order chi connectivity index (χ0) is 12.3. The summed E-state index contributed by atoms with van der Waals surface area (Å²) < 4.78 is 0. The minimum atomic E-state index is -0.945. The molecule has 1 aromatic carbocycles. The van der Waals surface area contributed by atoms with Crippen LogP contribution in [0.15, 0.2) is 24.3 Å². The maximum atomic E-state index is 12.0. The van der Waals surface area contributed by atoms with Crippen LogP contribution in [0.2, 0.25) is 0 Å². The molecule has 88 valence electrons. The van der Waals surface area contributed by atoms with Gasteiger partial charge in [-0.15, -0.1) is 0 Å².